The van der Waals surface area contributed by atoms with Gasteiger partial charge in [0.05, 0.1) is 39.0 Å². The molecule has 0 aliphatic heterocycles. The molecule has 11 heteroatoms. The second kappa shape index (κ2) is 10.3. The molecule has 190 valence electrons. The third-order valence-electron chi connectivity index (χ3n) is 5.79. The van der Waals surface area contributed by atoms with Crippen molar-refractivity contribution in [3.63, 3.8) is 0 Å². The zero-order valence-corrected chi connectivity index (χ0v) is 21.0. The smallest absolute Gasteiger partial charge is 0.276 e. The van der Waals surface area contributed by atoms with Crippen LogP contribution in [-0.4, -0.2) is 36.8 Å². The van der Waals surface area contributed by atoms with Crippen molar-refractivity contribution in [2.75, 3.05) is 10.6 Å². The van der Waals surface area contributed by atoms with Gasteiger partial charge in [-0.3, -0.25) is 19.7 Å². The second-order valence-corrected chi connectivity index (χ2v) is 8.81. The summed E-state index contributed by atoms with van der Waals surface area (Å²) in [5, 5.41) is 16.8. The Morgan fingerprint density at radius 3 is 2.42 bits per heavy atom. The van der Waals surface area contributed by atoms with E-state index < -0.39 is 17.6 Å². The van der Waals surface area contributed by atoms with Gasteiger partial charge in [0.1, 0.15) is 11.6 Å². The van der Waals surface area contributed by atoms with E-state index in [-0.39, 0.29) is 27.7 Å². The van der Waals surface area contributed by atoms with Gasteiger partial charge < -0.3 is 10.6 Å². The Kier molecular flexibility index (Phi) is 6.71. The van der Waals surface area contributed by atoms with Gasteiger partial charge in [0, 0.05) is 17.8 Å². The lowest BCUT2D eigenvalue weighted by atomic mass is 10.1. The Bertz CT molecular complexity index is 1630. The fourth-order valence-electron chi connectivity index (χ4n) is 3.88. The lowest BCUT2D eigenvalue weighted by Crippen LogP contribution is -2.16. The molecule has 0 saturated carbocycles. The van der Waals surface area contributed by atoms with Crippen LogP contribution in [0.4, 0.5) is 15.9 Å². The second-order valence-electron chi connectivity index (χ2n) is 8.41. The van der Waals surface area contributed by atoms with E-state index in [4.69, 9.17) is 11.6 Å². The Labute approximate surface area is 221 Å². The molecule has 5 aromatic rings. The summed E-state index contributed by atoms with van der Waals surface area (Å²) in [4.78, 5) is 30.6. The highest BCUT2D eigenvalue weighted by atomic mass is 35.5. The predicted octanol–water partition coefficient (Wildman–Crippen LogP) is 5.57. The molecule has 2 aromatic carbocycles. The number of carbonyl (C=O) groups excluding carboxylic acids is 2. The number of pyridine rings is 1. The lowest BCUT2D eigenvalue weighted by molar-refractivity contribution is 0.101. The standard InChI is InChI=1S/C27H21ClFN7O2/c1-15-25(16(2)34-33-15)32-27(38)23-14-24(36(35-23)17-8-4-3-5-9-17)31-26(37)18-12-19(21(29)13-20(18)28)22-10-6-7-11-30-22/h3-14H,1-2H3,(H,31,37)(H,32,38)(H,33,34). The number of hydrogen-bond donors (Lipinski definition) is 3. The van der Waals surface area contributed by atoms with Gasteiger partial charge in [0.25, 0.3) is 11.8 Å². The van der Waals surface area contributed by atoms with Crippen LogP contribution < -0.4 is 10.6 Å². The van der Waals surface area contributed by atoms with Crippen LogP contribution in [0.25, 0.3) is 16.9 Å². The van der Waals surface area contributed by atoms with E-state index >= 15 is 0 Å². The number of H-pyrrole nitrogens is 1. The monoisotopic (exact) mass is 529 g/mol. The van der Waals surface area contributed by atoms with Crippen LogP contribution in [0, 0.1) is 19.7 Å². The van der Waals surface area contributed by atoms with E-state index in [0.717, 1.165) is 6.07 Å². The molecule has 0 atom stereocenters. The Morgan fingerprint density at radius 2 is 1.74 bits per heavy atom. The summed E-state index contributed by atoms with van der Waals surface area (Å²) in [6.07, 6.45) is 1.53. The van der Waals surface area contributed by atoms with Crippen LogP contribution in [0.15, 0.2) is 72.9 Å². The molecule has 3 aromatic heterocycles. The molecule has 0 radical (unpaired) electrons. The van der Waals surface area contributed by atoms with Crippen molar-refractivity contribution >= 4 is 34.9 Å². The number of halogens is 2. The summed E-state index contributed by atoms with van der Waals surface area (Å²) in [5.41, 5.74) is 3.06. The van der Waals surface area contributed by atoms with Crippen molar-refractivity contribution in [2.24, 2.45) is 0 Å². The van der Waals surface area contributed by atoms with Gasteiger partial charge >= 0.3 is 0 Å². The summed E-state index contributed by atoms with van der Waals surface area (Å²) in [5.74, 6) is -1.49. The summed E-state index contributed by atoms with van der Waals surface area (Å²) in [7, 11) is 0. The number of rotatable bonds is 6. The molecular formula is C27H21ClFN7O2. The highest BCUT2D eigenvalue weighted by Gasteiger charge is 2.22. The minimum atomic E-state index is -0.613. The summed E-state index contributed by atoms with van der Waals surface area (Å²) in [6.45, 7) is 3.55. The lowest BCUT2D eigenvalue weighted by Gasteiger charge is -2.11. The maximum Gasteiger partial charge on any atom is 0.276 e. The van der Waals surface area contributed by atoms with E-state index in [2.05, 4.69) is 30.9 Å². The molecule has 9 nitrogen and oxygen atoms in total. The minimum absolute atomic E-state index is 0.0326. The average Bonchev–Trinajstić information content (AvgIpc) is 3.48. The molecular weight excluding hydrogens is 509 g/mol. The number of carbonyl (C=O) groups is 2. The first-order chi connectivity index (χ1) is 18.3. The van der Waals surface area contributed by atoms with Crippen molar-refractivity contribution in [3.8, 4) is 16.9 Å². The average molecular weight is 530 g/mol. The van der Waals surface area contributed by atoms with Gasteiger partial charge in [-0.15, -0.1) is 0 Å². The normalized spacial score (nSPS) is 10.8. The Hall–Kier alpha value is -4.83. The van der Waals surface area contributed by atoms with Gasteiger partial charge in [0.2, 0.25) is 0 Å². The van der Waals surface area contributed by atoms with Gasteiger partial charge in [-0.25, -0.2) is 9.07 Å². The molecule has 3 heterocycles. The molecule has 2 amide bonds. The molecule has 38 heavy (non-hydrogen) atoms. The van der Waals surface area contributed by atoms with Crippen molar-refractivity contribution < 1.29 is 14.0 Å². The molecule has 0 unspecified atom stereocenters. The highest BCUT2D eigenvalue weighted by molar-refractivity contribution is 6.34. The van der Waals surface area contributed by atoms with Gasteiger partial charge in [-0.1, -0.05) is 35.9 Å². The number of aryl methyl sites for hydroxylation is 2. The van der Waals surface area contributed by atoms with E-state index in [9.17, 15) is 14.0 Å². The van der Waals surface area contributed by atoms with Crippen molar-refractivity contribution in [3.05, 3.63) is 106 Å². The summed E-state index contributed by atoms with van der Waals surface area (Å²) in [6, 6.07) is 17.9. The quantitative estimate of drug-likeness (QED) is 0.266. The molecule has 0 spiro atoms. The predicted molar refractivity (Wildman–Crippen MR) is 142 cm³/mol. The van der Waals surface area contributed by atoms with Crippen molar-refractivity contribution in [1.29, 1.82) is 0 Å². The fourth-order valence-corrected chi connectivity index (χ4v) is 4.12. The van der Waals surface area contributed by atoms with Crippen LogP contribution in [0.1, 0.15) is 32.2 Å². The van der Waals surface area contributed by atoms with Crippen LogP contribution in [-0.2, 0) is 0 Å². The summed E-state index contributed by atoms with van der Waals surface area (Å²) < 4.78 is 16.1. The van der Waals surface area contributed by atoms with Gasteiger partial charge in [-0.2, -0.15) is 10.2 Å². The molecule has 0 bridgehead atoms. The molecule has 0 fully saturated rings. The van der Waals surface area contributed by atoms with Crippen molar-refractivity contribution in [2.45, 2.75) is 13.8 Å². The number of benzene rings is 2. The minimum Gasteiger partial charge on any atom is -0.317 e. The molecule has 0 aliphatic rings. The molecule has 0 saturated heterocycles. The van der Waals surface area contributed by atoms with Gasteiger partial charge in [0.15, 0.2) is 5.69 Å². The first-order valence-electron chi connectivity index (χ1n) is 11.5. The number of para-hydroxylation sites is 1. The number of aromatic amines is 1. The number of amides is 2. The maximum absolute atomic E-state index is 14.7. The van der Waals surface area contributed by atoms with E-state index in [1.807, 2.05) is 6.07 Å². The number of anilines is 2. The maximum atomic E-state index is 14.7. The number of nitrogens with one attached hydrogen (secondary N) is 3. The largest absolute Gasteiger partial charge is 0.317 e. The van der Waals surface area contributed by atoms with Gasteiger partial charge in [-0.05, 0) is 50.2 Å². The Balaban J connectivity index is 1.50. The molecule has 3 N–H and O–H groups in total. The fraction of sp³-hybridized carbons (Fsp3) is 0.0741. The van der Waals surface area contributed by atoms with Crippen molar-refractivity contribution in [1.82, 2.24) is 25.0 Å². The first kappa shape index (κ1) is 24.8. The third-order valence-corrected chi connectivity index (χ3v) is 6.11. The van der Waals surface area contributed by atoms with E-state index in [1.54, 1.807) is 56.3 Å². The molecule has 0 aliphatic carbocycles. The highest BCUT2D eigenvalue weighted by Crippen LogP contribution is 2.29. The van der Waals surface area contributed by atoms with Crippen LogP contribution in [0.3, 0.4) is 0 Å². The van der Waals surface area contributed by atoms with Crippen LogP contribution >= 0.6 is 11.6 Å². The van der Waals surface area contributed by atoms with Crippen LogP contribution in [0.5, 0.6) is 0 Å². The van der Waals surface area contributed by atoms with E-state index in [0.29, 0.717) is 28.5 Å². The SMILES string of the molecule is Cc1n[nH]c(C)c1NC(=O)c1cc(NC(=O)c2cc(-c3ccccn3)c(F)cc2Cl)n(-c2ccccc2)n1. The Morgan fingerprint density at radius 1 is 0.974 bits per heavy atom. The number of hydrogen-bond acceptors (Lipinski definition) is 5. The summed E-state index contributed by atoms with van der Waals surface area (Å²) >= 11 is 6.25. The topological polar surface area (TPSA) is 118 Å². The number of aromatic nitrogens is 5. The third kappa shape index (κ3) is 4.89. The molecule has 5 rings (SSSR count). The first-order valence-corrected chi connectivity index (χ1v) is 11.9. The number of nitrogens with zero attached hydrogens (tertiary/aromatic N) is 4. The zero-order chi connectivity index (χ0) is 26.8. The van der Waals surface area contributed by atoms with Crippen LogP contribution in [0.2, 0.25) is 5.02 Å². The van der Waals surface area contributed by atoms with E-state index in [1.165, 1.54) is 23.0 Å². The zero-order valence-electron chi connectivity index (χ0n) is 20.3.